The van der Waals surface area contributed by atoms with Gasteiger partial charge in [-0.3, -0.25) is 0 Å². The van der Waals surface area contributed by atoms with Crippen LogP contribution in [0.1, 0.15) is 20.8 Å². The van der Waals surface area contributed by atoms with Gasteiger partial charge < -0.3 is 15.2 Å². The Morgan fingerprint density at radius 2 is 1.80 bits per heavy atom. The smallest absolute Gasteiger partial charge is 0.413 e. The fraction of sp³-hybridized carbons (Fsp3) is 0.364. The molecule has 2 N–H and O–H groups in total. The largest absolute Gasteiger partial charge is 0.508 e. The Balaban J connectivity index is 2.55. The number of phenolic OH excluding ortho intramolecular Hbond substituents is 1. The molecule has 0 radical (unpaired) electrons. The molecule has 1 aromatic carbocycles. The molecule has 0 saturated carbocycles. The summed E-state index contributed by atoms with van der Waals surface area (Å²) in [6, 6.07) is 5.97. The first kappa shape index (κ1) is 11.4. The van der Waals surface area contributed by atoms with Crippen molar-refractivity contribution in [3.63, 3.8) is 0 Å². The molecule has 82 valence electrons. The summed E-state index contributed by atoms with van der Waals surface area (Å²) in [5.74, 6) is 0.535. The average molecular weight is 209 g/mol. The molecular weight excluding hydrogens is 194 g/mol. The maximum atomic E-state index is 11.3. The summed E-state index contributed by atoms with van der Waals surface area (Å²) in [5.41, 5.74) is -0.325. The summed E-state index contributed by atoms with van der Waals surface area (Å²) in [6.45, 7) is 5.60. The standard InChI is InChI=1S/C11H15NO3/c1-11(2,3)12-10(14)15-9-6-4-8(13)5-7-9/h4-7,13H,1-3H3,(H,12,14). The fourth-order valence-corrected chi connectivity index (χ4v) is 0.953. The third-order valence-electron chi connectivity index (χ3n) is 1.52. The Morgan fingerprint density at radius 3 is 2.27 bits per heavy atom. The van der Waals surface area contributed by atoms with Gasteiger partial charge in [0.05, 0.1) is 0 Å². The number of benzene rings is 1. The van der Waals surface area contributed by atoms with E-state index in [2.05, 4.69) is 5.32 Å². The van der Waals surface area contributed by atoms with E-state index in [-0.39, 0.29) is 11.3 Å². The van der Waals surface area contributed by atoms with Crippen LogP contribution >= 0.6 is 0 Å². The molecule has 0 atom stereocenters. The maximum absolute atomic E-state index is 11.3. The number of carbonyl (C=O) groups excluding carboxylic acids is 1. The van der Waals surface area contributed by atoms with E-state index in [4.69, 9.17) is 9.84 Å². The zero-order valence-electron chi connectivity index (χ0n) is 9.07. The topological polar surface area (TPSA) is 58.6 Å². The summed E-state index contributed by atoms with van der Waals surface area (Å²) < 4.78 is 4.98. The lowest BCUT2D eigenvalue weighted by molar-refractivity contribution is 0.190. The number of ether oxygens (including phenoxy) is 1. The van der Waals surface area contributed by atoms with Crippen molar-refractivity contribution in [1.82, 2.24) is 5.32 Å². The van der Waals surface area contributed by atoms with E-state index in [1.54, 1.807) is 0 Å². The van der Waals surface area contributed by atoms with E-state index in [1.807, 2.05) is 20.8 Å². The molecule has 0 unspecified atom stereocenters. The Morgan fingerprint density at radius 1 is 1.27 bits per heavy atom. The van der Waals surface area contributed by atoms with E-state index < -0.39 is 6.09 Å². The second-order valence-corrected chi connectivity index (χ2v) is 4.26. The normalized spacial score (nSPS) is 10.9. The number of phenols is 1. The second-order valence-electron chi connectivity index (χ2n) is 4.26. The Hall–Kier alpha value is -1.71. The highest BCUT2D eigenvalue weighted by Crippen LogP contribution is 2.16. The molecule has 0 fully saturated rings. The lowest BCUT2D eigenvalue weighted by Crippen LogP contribution is -2.42. The van der Waals surface area contributed by atoms with Gasteiger partial charge in [0.15, 0.2) is 0 Å². The predicted octanol–water partition coefficient (Wildman–Crippen LogP) is 2.28. The second kappa shape index (κ2) is 4.21. The first-order valence-electron chi connectivity index (χ1n) is 4.66. The summed E-state index contributed by atoms with van der Waals surface area (Å²) in [6.07, 6.45) is -0.506. The van der Waals surface area contributed by atoms with Gasteiger partial charge in [-0.1, -0.05) is 0 Å². The molecular formula is C11H15NO3. The fourth-order valence-electron chi connectivity index (χ4n) is 0.953. The van der Waals surface area contributed by atoms with E-state index in [0.29, 0.717) is 5.75 Å². The molecule has 0 saturated heterocycles. The zero-order valence-corrected chi connectivity index (χ0v) is 9.07. The van der Waals surface area contributed by atoms with Crippen LogP contribution in [0.3, 0.4) is 0 Å². The number of hydrogen-bond acceptors (Lipinski definition) is 3. The van der Waals surface area contributed by atoms with Crippen molar-refractivity contribution in [3.05, 3.63) is 24.3 Å². The van der Waals surface area contributed by atoms with Crippen LogP contribution in [0, 0.1) is 0 Å². The van der Waals surface area contributed by atoms with Gasteiger partial charge >= 0.3 is 6.09 Å². The van der Waals surface area contributed by atoms with Crippen LogP contribution in [0.4, 0.5) is 4.79 Å². The average Bonchev–Trinajstić information content (AvgIpc) is 2.05. The highest BCUT2D eigenvalue weighted by Gasteiger charge is 2.14. The Labute approximate surface area is 88.9 Å². The van der Waals surface area contributed by atoms with Crippen LogP contribution in [-0.4, -0.2) is 16.7 Å². The van der Waals surface area contributed by atoms with Gasteiger partial charge in [-0.2, -0.15) is 0 Å². The molecule has 0 aliphatic heterocycles. The number of carbonyl (C=O) groups is 1. The van der Waals surface area contributed by atoms with Crippen LogP contribution in [0.15, 0.2) is 24.3 Å². The van der Waals surface area contributed by atoms with Crippen molar-refractivity contribution in [3.8, 4) is 11.5 Å². The summed E-state index contributed by atoms with van der Waals surface area (Å²) in [5, 5.41) is 11.7. The van der Waals surface area contributed by atoms with Crippen molar-refractivity contribution in [2.24, 2.45) is 0 Å². The third kappa shape index (κ3) is 4.35. The molecule has 0 heterocycles. The molecule has 1 aromatic rings. The van der Waals surface area contributed by atoms with Crippen LogP contribution in [0.5, 0.6) is 11.5 Å². The lowest BCUT2D eigenvalue weighted by Gasteiger charge is -2.19. The van der Waals surface area contributed by atoms with Crippen molar-refractivity contribution in [2.45, 2.75) is 26.3 Å². The zero-order chi connectivity index (χ0) is 11.5. The number of aromatic hydroxyl groups is 1. The Bertz CT molecular complexity index is 338. The first-order chi connectivity index (χ1) is 6.87. The number of rotatable bonds is 1. The van der Waals surface area contributed by atoms with E-state index in [1.165, 1.54) is 24.3 Å². The first-order valence-corrected chi connectivity index (χ1v) is 4.66. The van der Waals surface area contributed by atoms with Crippen molar-refractivity contribution in [2.75, 3.05) is 0 Å². The van der Waals surface area contributed by atoms with E-state index in [9.17, 15) is 4.79 Å². The molecule has 4 heteroatoms. The minimum Gasteiger partial charge on any atom is -0.508 e. The molecule has 1 amide bonds. The highest BCUT2D eigenvalue weighted by atomic mass is 16.6. The SMILES string of the molecule is CC(C)(C)NC(=O)Oc1ccc(O)cc1. The summed E-state index contributed by atoms with van der Waals surface area (Å²) in [4.78, 5) is 11.3. The third-order valence-corrected chi connectivity index (χ3v) is 1.52. The molecule has 0 aliphatic carbocycles. The van der Waals surface area contributed by atoms with Gasteiger partial charge in [0.1, 0.15) is 11.5 Å². The molecule has 0 aromatic heterocycles. The molecule has 0 bridgehead atoms. The van der Waals surface area contributed by atoms with Crippen molar-refractivity contribution < 1.29 is 14.6 Å². The van der Waals surface area contributed by atoms with Crippen molar-refractivity contribution >= 4 is 6.09 Å². The minimum absolute atomic E-state index is 0.138. The van der Waals surface area contributed by atoms with Crippen LogP contribution < -0.4 is 10.1 Å². The molecule has 15 heavy (non-hydrogen) atoms. The maximum Gasteiger partial charge on any atom is 0.413 e. The van der Waals surface area contributed by atoms with Crippen molar-refractivity contribution in [1.29, 1.82) is 0 Å². The molecule has 0 aliphatic rings. The quantitative estimate of drug-likeness (QED) is 0.746. The molecule has 4 nitrogen and oxygen atoms in total. The number of amides is 1. The van der Waals surface area contributed by atoms with Gasteiger partial charge in [-0.15, -0.1) is 0 Å². The predicted molar refractivity (Wildman–Crippen MR) is 57.0 cm³/mol. The van der Waals surface area contributed by atoms with Crippen LogP contribution in [0.25, 0.3) is 0 Å². The number of hydrogen-bond donors (Lipinski definition) is 2. The Kier molecular flexibility index (Phi) is 3.19. The van der Waals surface area contributed by atoms with Gasteiger partial charge in [0.2, 0.25) is 0 Å². The minimum atomic E-state index is -0.506. The van der Waals surface area contributed by atoms with Gasteiger partial charge in [-0.05, 0) is 45.0 Å². The summed E-state index contributed by atoms with van der Waals surface area (Å²) in [7, 11) is 0. The highest BCUT2D eigenvalue weighted by molar-refractivity contribution is 5.71. The van der Waals surface area contributed by atoms with Gasteiger partial charge in [0.25, 0.3) is 0 Å². The van der Waals surface area contributed by atoms with Crippen LogP contribution in [0.2, 0.25) is 0 Å². The number of nitrogens with one attached hydrogen (secondary N) is 1. The van der Waals surface area contributed by atoms with E-state index >= 15 is 0 Å². The lowest BCUT2D eigenvalue weighted by atomic mass is 10.1. The molecule has 1 rings (SSSR count). The summed E-state index contributed by atoms with van der Waals surface area (Å²) >= 11 is 0. The van der Waals surface area contributed by atoms with Gasteiger partial charge in [-0.25, -0.2) is 4.79 Å². The van der Waals surface area contributed by atoms with Gasteiger partial charge in [0, 0.05) is 5.54 Å². The molecule has 0 spiro atoms. The van der Waals surface area contributed by atoms with Crippen LogP contribution in [-0.2, 0) is 0 Å². The monoisotopic (exact) mass is 209 g/mol. The van der Waals surface area contributed by atoms with E-state index in [0.717, 1.165) is 0 Å².